The zero-order valence-corrected chi connectivity index (χ0v) is 8.54. The Morgan fingerprint density at radius 3 is 2.57 bits per heavy atom. The third kappa shape index (κ3) is 2.42. The first-order valence-electron chi connectivity index (χ1n) is 4.62. The van der Waals surface area contributed by atoms with Crippen molar-refractivity contribution in [1.82, 2.24) is 0 Å². The molecule has 0 radical (unpaired) electrons. The fraction of sp³-hybridized carbons (Fsp3) is 0.273. The summed E-state index contributed by atoms with van der Waals surface area (Å²) >= 11 is 5.79. The number of rotatable bonds is 3. The van der Waals surface area contributed by atoms with Gasteiger partial charge in [0.25, 0.3) is 0 Å². The average molecular weight is 207 g/mol. The van der Waals surface area contributed by atoms with Gasteiger partial charge in [0.15, 0.2) is 0 Å². The van der Waals surface area contributed by atoms with E-state index in [9.17, 15) is 0 Å². The predicted molar refractivity (Wildman–Crippen MR) is 60.6 cm³/mol. The molecule has 0 saturated heterocycles. The van der Waals surface area contributed by atoms with Crippen molar-refractivity contribution >= 4 is 23.5 Å². The van der Waals surface area contributed by atoms with Crippen molar-refractivity contribution in [3.05, 3.63) is 34.9 Å². The van der Waals surface area contributed by atoms with E-state index in [4.69, 9.17) is 11.6 Å². The number of aliphatic imine (C=N–C) groups is 2. The molecule has 0 atom stereocenters. The lowest BCUT2D eigenvalue weighted by atomic mass is 10.1. The predicted octanol–water partition coefficient (Wildman–Crippen LogP) is 2.76. The number of halogens is 1. The van der Waals surface area contributed by atoms with E-state index in [1.165, 1.54) is 5.56 Å². The van der Waals surface area contributed by atoms with Crippen molar-refractivity contribution in [1.29, 1.82) is 0 Å². The Balaban J connectivity index is 1.91. The smallest absolute Gasteiger partial charge is 0.129 e. The highest BCUT2D eigenvalue weighted by Crippen LogP contribution is 2.11. The van der Waals surface area contributed by atoms with E-state index in [0.717, 1.165) is 23.6 Å². The minimum absolute atomic E-state index is 0.607. The molecule has 1 aliphatic heterocycles. The van der Waals surface area contributed by atoms with Gasteiger partial charge in [0, 0.05) is 11.2 Å². The molecule has 2 nitrogen and oxygen atoms in total. The van der Waals surface area contributed by atoms with Crippen LogP contribution < -0.4 is 0 Å². The molecular weight excluding hydrogens is 196 g/mol. The summed E-state index contributed by atoms with van der Waals surface area (Å²) in [6.45, 7) is 0.607. The molecule has 0 N–H and O–H groups in total. The Kier molecular flexibility index (Phi) is 2.94. The van der Waals surface area contributed by atoms with Crippen molar-refractivity contribution in [2.75, 3.05) is 6.67 Å². The second-order valence-electron chi connectivity index (χ2n) is 3.23. The molecule has 72 valence electrons. The van der Waals surface area contributed by atoms with E-state index in [1.807, 2.05) is 18.3 Å². The Morgan fingerprint density at radius 2 is 1.93 bits per heavy atom. The summed E-state index contributed by atoms with van der Waals surface area (Å²) in [5, 5.41) is 0.786. The van der Waals surface area contributed by atoms with Crippen LogP contribution in [0.5, 0.6) is 0 Å². The van der Waals surface area contributed by atoms with Gasteiger partial charge in [0.05, 0.1) is 5.71 Å². The van der Waals surface area contributed by atoms with Crippen LogP contribution in [0.2, 0.25) is 5.02 Å². The van der Waals surface area contributed by atoms with Gasteiger partial charge in [-0.05, 0) is 30.5 Å². The minimum atomic E-state index is 0.607. The van der Waals surface area contributed by atoms with Gasteiger partial charge in [-0.25, -0.2) is 0 Å². The van der Waals surface area contributed by atoms with Crippen LogP contribution in [0.4, 0.5) is 0 Å². The molecule has 1 heterocycles. The van der Waals surface area contributed by atoms with E-state index in [2.05, 4.69) is 22.1 Å². The number of benzene rings is 1. The molecule has 0 saturated carbocycles. The molecule has 0 bridgehead atoms. The quantitative estimate of drug-likeness (QED) is 0.727. The van der Waals surface area contributed by atoms with Crippen LogP contribution in [-0.4, -0.2) is 18.6 Å². The van der Waals surface area contributed by atoms with E-state index in [1.54, 1.807) is 0 Å². The van der Waals surface area contributed by atoms with Crippen molar-refractivity contribution in [2.24, 2.45) is 9.98 Å². The molecule has 0 spiro atoms. The van der Waals surface area contributed by atoms with Crippen LogP contribution in [0.3, 0.4) is 0 Å². The molecule has 0 aliphatic carbocycles. The fourth-order valence-electron chi connectivity index (χ4n) is 1.39. The topological polar surface area (TPSA) is 24.7 Å². The Bertz CT molecular complexity index is 365. The summed E-state index contributed by atoms with van der Waals surface area (Å²) in [4.78, 5) is 8.28. The Labute approximate surface area is 88.3 Å². The monoisotopic (exact) mass is 206 g/mol. The van der Waals surface area contributed by atoms with Crippen LogP contribution in [0.15, 0.2) is 34.3 Å². The van der Waals surface area contributed by atoms with E-state index >= 15 is 0 Å². The normalized spacial score (nSPS) is 14.5. The van der Waals surface area contributed by atoms with Crippen LogP contribution in [0.1, 0.15) is 12.0 Å². The molecule has 0 unspecified atom stereocenters. The summed E-state index contributed by atoms with van der Waals surface area (Å²) in [6, 6.07) is 7.94. The van der Waals surface area contributed by atoms with E-state index in [-0.39, 0.29) is 0 Å². The molecule has 14 heavy (non-hydrogen) atoms. The maximum atomic E-state index is 5.79. The molecule has 0 amide bonds. The number of hydrogen-bond donors (Lipinski definition) is 0. The van der Waals surface area contributed by atoms with Gasteiger partial charge in [-0.15, -0.1) is 0 Å². The number of aryl methyl sites for hydroxylation is 1. The Morgan fingerprint density at radius 1 is 1.14 bits per heavy atom. The highest BCUT2D eigenvalue weighted by atomic mass is 35.5. The van der Waals surface area contributed by atoms with Crippen LogP contribution >= 0.6 is 11.6 Å². The lowest BCUT2D eigenvalue weighted by Crippen LogP contribution is -1.98. The average Bonchev–Trinajstić information content (AvgIpc) is 2.70. The third-order valence-corrected chi connectivity index (χ3v) is 2.43. The summed E-state index contributed by atoms with van der Waals surface area (Å²) in [5.41, 5.74) is 2.39. The van der Waals surface area contributed by atoms with Crippen LogP contribution in [-0.2, 0) is 6.42 Å². The van der Waals surface area contributed by atoms with Gasteiger partial charge in [-0.1, -0.05) is 23.7 Å². The van der Waals surface area contributed by atoms with Crippen molar-refractivity contribution in [3.8, 4) is 0 Å². The molecule has 1 aliphatic rings. The second-order valence-corrected chi connectivity index (χ2v) is 3.67. The first-order valence-corrected chi connectivity index (χ1v) is 5.00. The molecule has 1 aromatic carbocycles. The summed E-state index contributed by atoms with van der Waals surface area (Å²) in [6.07, 6.45) is 3.82. The zero-order valence-electron chi connectivity index (χ0n) is 7.78. The maximum Gasteiger partial charge on any atom is 0.129 e. The van der Waals surface area contributed by atoms with Gasteiger partial charge >= 0.3 is 0 Å². The number of nitrogens with zero attached hydrogens (tertiary/aromatic N) is 2. The van der Waals surface area contributed by atoms with Crippen LogP contribution in [0.25, 0.3) is 0 Å². The molecule has 2 rings (SSSR count). The third-order valence-electron chi connectivity index (χ3n) is 2.18. The largest absolute Gasteiger partial charge is 0.268 e. The number of hydrogen-bond acceptors (Lipinski definition) is 2. The highest BCUT2D eigenvalue weighted by Gasteiger charge is 2.01. The van der Waals surface area contributed by atoms with E-state index < -0.39 is 0 Å². The standard InChI is InChI=1S/C11H11ClN2/c12-10-4-1-9(2-5-10)3-6-11-7-13-8-14-11/h1-2,4-5,7H,3,6,8H2. The summed E-state index contributed by atoms with van der Waals surface area (Å²) in [7, 11) is 0. The highest BCUT2D eigenvalue weighted by molar-refractivity contribution is 6.31. The van der Waals surface area contributed by atoms with Crippen molar-refractivity contribution in [3.63, 3.8) is 0 Å². The fourth-order valence-corrected chi connectivity index (χ4v) is 1.51. The molecule has 3 heteroatoms. The first-order chi connectivity index (χ1) is 6.84. The first kappa shape index (κ1) is 9.41. The van der Waals surface area contributed by atoms with Gasteiger partial charge in [-0.3, -0.25) is 9.98 Å². The molecule has 0 fully saturated rings. The van der Waals surface area contributed by atoms with Crippen molar-refractivity contribution < 1.29 is 0 Å². The molecule has 1 aromatic rings. The minimum Gasteiger partial charge on any atom is -0.268 e. The van der Waals surface area contributed by atoms with Gasteiger partial charge in [-0.2, -0.15) is 0 Å². The van der Waals surface area contributed by atoms with Crippen molar-refractivity contribution in [2.45, 2.75) is 12.8 Å². The summed E-state index contributed by atoms with van der Waals surface area (Å²) < 4.78 is 0. The van der Waals surface area contributed by atoms with E-state index in [0.29, 0.717) is 6.67 Å². The second kappa shape index (κ2) is 4.38. The molecule has 0 aromatic heterocycles. The summed E-state index contributed by atoms with van der Waals surface area (Å²) in [5.74, 6) is 0. The van der Waals surface area contributed by atoms with Crippen LogP contribution in [0, 0.1) is 0 Å². The van der Waals surface area contributed by atoms with Gasteiger partial charge < -0.3 is 0 Å². The lowest BCUT2D eigenvalue weighted by molar-refractivity contribution is 1.03. The maximum absolute atomic E-state index is 5.79. The molecular formula is C11H11ClN2. The SMILES string of the molecule is Clc1ccc(CCC2=NCN=C2)cc1. The van der Waals surface area contributed by atoms with Gasteiger partial charge in [0.2, 0.25) is 0 Å². The Hall–Kier alpha value is -1.15. The van der Waals surface area contributed by atoms with Gasteiger partial charge in [0.1, 0.15) is 6.67 Å². The lowest BCUT2D eigenvalue weighted by Gasteiger charge is -1.99. The zero-order chi connectivity index (χ0) is 9.80.